The van der Waals surface area contributed by atoms with Gasteiger partial charge in [-0.2, -0.15) is 5.26 Å². The molecule has 1 heterocycles. The number of aromatic nitrogens is 1. The molecule has 0 N–H and O–H groups in total. The number of nitrogens with zero attached hydrogens (tertiary/aromatic N) is 2. The third-order valence-electron chi connectivity index (χ3n) is 3.30. The van der Waals surface area contributed by atoms with Gasteiger partial charge in [0.25, 0.3) is 0 Å². The Hall–Kier alpha value is -2.49. The molecule has 0 unspecified atom stereocenters. The van der Waals surface area contributed by atoms with Gasteiger partial charge in [0.2, 0.25) is 0 Å². The number of methoxy groups -OCH3 is 2. The molecule has 0 saturated heterocycles. The largest absolute Gasteiger partial charge is 0.493 e. The third kappa shape index (κ3) is 3.37. The van der Waals surface area contributed by atoms with E-state index in [9.17, 15) is 5.26 Å². The first kappa shape index (κ1) is 16.4. The standard InChI is InChI=1S/C18H14N2O2S2/c1-21-15-8-5-6-12(17(15)22-2)10-13(11-19)23-18-20-14-7-3-4-9-16(14)24-18/h3-10H,1-2H3/b13-10+. The molecule has 1 aromatic heterocycles. The highest BCUT2D eigenvalue weighted by molar-refractivity contribution is 8.05. The first-order valence-corrected chi connectivity index (χ1v) is 8.74. The number of fused-ring (bicyclic) bond motifs is 1. The SMILES string of the molecule is COc1cccc(/C=C(\C#N)Sc2nc3ccccc3s2)c1OC. The fourth-order valence-electron chi connectivity index (χ4n) is 2.24. The molecule has 120 valence electrons. The van der Waals surface area contributed by atoms with Gasteiger partial charge in [-0.15, -0.1) is 11.3 Å². The summed E-state index contributed by atoms with van der Waals surface area (Å²) in [6.07, 6.45) is 1.79. The van der Waals surface area contributed by atoms with Crippen molar-refractivity contribution in [2.75, 3.05) is 14.2 Å². The van der Waals surface area contributed by atoms with Gasteiger partial charge in [0.15, 0.2) is 15.8 Å². The van der Waals surface area contributed by atoms with Crippen molar-refractivity contribution in [2.45, 2.75) is 4.34 Å². The van der Waals surface area contributed by atoms with Crippen molar-refractivity contribution in [1.82, 2.24) is 4.98 Å². The fraction of sp³-hybridized carbons (Fsp3) is 0.111. The van der Waals surface area contributed by atoms with Crippen LogP contribution in [0, 0.1) is 11.3 Å². The minimum atomic E-state index is 0.542. The Morgan fingerprint density at radius 2 is 2.00 bits per heavy atom. The molecule has 6 heteroatoms. The molecule has 4 nitrogen and oxygen atoms in total. The van der Waals surface area contributed by atoms with Crippen LogP contribution in [0.25, 0.3) is 16.3 Å². The fourth-order valence-corrected chi connectivity index (χ4v) is 4.21. The number of benzene rings is 2. The van der Waals surface area contributed by atoms with E-state index in [0.29, 0.717) is 16.4 Å². The van der Waals surface area contributed by atoms with Crippen molar-refractivity contribution >= 4 is 39.4 Å². The van der Waals surface area contributed by atoms with Crippen LogP contribution < -0.4 is 9.47 Å². The van der Waals surface area contributed by atoms with E-state index in [1.807, 2.05) is 42.5 Å². The van der Waals surface area contributed by atoms with Crippen molar-refractivity contribution < 1.29 is 9.47 Å². The highest BCUT2D eigenvalue weighted by Crippen LogP contribution is 2.37. The Kier molecular flexibility index (Phi) is 5.04. The normalized spacial score (nSPS) is 11.3. The first-order valence-electron chi connectivity index (χ1n) is 7.11. The maximum Gasteiger partial charge on any atom is 0.167 e. The summed E-state index contributed by atoms with van der Waals surface area (Å²) < 4.78 is 12.7. The maximum atomic E-state index is 9.48. The summed E-state index contributed by atoms with van der Waals surface area (Å²) >= 11 is 2.93. The Bertz CT molecular complexity index is 909. The molecule has 0 amide bonds. The van der Waals surface area contributed by atoms with Crippen LogP contribution in [-0.4, -0.2) is 19.2 Å². The zero-order chi connectivity index (χ0) is 16.9. The van der Waals surface area contributed by atoms with Crippen LogP contribution in [0.3, 0.4) is 0 Å². The van der Waals surface area contributed by atoms with Gasteiger partial charge < -0.3 is 9.47 Å². The average molecular weight is 354 g/mol. The molecular weight excluding hydrogens is 340 g/mol. The number of thiazole rings is 1. The van der Waals surface area contributed by atoms with E-state index in [1.165, 1.54) is 11.8 Å². The first-order chi connectivity index (χ1) is 11.7. The quantitative estimate of drug-likeness (QED) is 0.478. The molecule has 3 rings (SSSR count). The second-order valence-corrected chi connectivity index (χ2v) is 7.07. The van der Waals surface area contributed by atoms with Crippen LogP contribution in [0.15, 0.2) is 51.7 Å². The molecule has 0 aliphatic carbocycles. The van der Waals surface area contributed by atoms with Gasteiger partial charge in [-0.1, -0.05) is 24.3 Å². The lowest BCUT2D eigenvalue weighted by Gasteiger charge is -2.10. The summed E-state index contributed by atoms with van der Waals surface area (Å²) in [5.41, 5.74) is 1.74. The van der Waals surface area contributed by atoms with E-state index in [-0.39, 0.29) is 0 Å². The number of ether oxygens (including phenoxy) is 2. The van der Waals surface area contributed by atoms with Crippen LogP contribution in [-0.2, 0) is 0 Å². The highest BCUT2D eigenvalue weighted by atomic mass is 32.2. The lowest BCUT2D eigenvalue weighted by Crippen LogP contribution is -1.92. The molecule has 2 aromatic carbocycles. The van der Waals surface area contributed by atoms with Crippen molar-refractivity contribution in [3.8, 4) is 17.6 Å². The minimum absolute atomic E-state index is 0.542. The summed E-state index contributed by atoms with van der Waals surface area (Å²) in [6.45, 7) is 0. The Morgan fingerprint density at radius 1 is 1.17 bits per heavy atom. The third-order valence-corrected chi connectivity index (χ3v) is 5.33. The Morgan fingerprint density at radius 3 is 2.71 bits per heavy atom. The van der Waals surface area contributed by atoms with E-state index >= 15 is 0 Å². The van der Waals surface area contributed by atoms with E-state index in [1.54, 1.807) is 31.6 Å². The molecule has 3 aromatic rings. The van der Waals surface area contributed by atoms with E-state index in [2.05, 4.69) is 11.1 Å². The van der Waals surface area contributed by atoms with Crippen molar-refractivity contribution in [2.24, 2.45) is 0 Å². The smallest absolute Gasteiger partial charge is 0.167 e. The predicted octanol–water partition coefficient (Wildman–Crippen LogP) is 4.97. The molecule has 0 radical (unpaired) electrons. The van der Waals surface area contributed by atoms with Gasteiger partial charge in [-0.3, -0.25) is 0 Å². The summed E-state index contributed by atoms with van der Waals surface area (Å²) in [7, 11) is 3.17. The molecule has 0 saturated carbocycles. The monoisotopic (exact) mass is 354 g/mol. The van der Waals surface area contributed by atoms with Crippen molar-refractivity contribution in [3.63, 3.8) is 0 Å². The van der Waals surface area contributed by atoms with Gasteiger partial charge in [-0.25, -0.2) is 4.98 Å². The minimum Gasteiger partial charge on any atom is -0.493 e. The van der Waals surface area contributed by atoms with Crippen LogP contribution in [0.2, 0.25) is 0 Å². The van der Waals surface area contributed by atoms with Gasteiger partial charge in [0, 0.05) is 5.56 Å². The van der Waals surface area contributed by atoms with Gasteiger partial charge in [0.05, 0.1) is 29.3 Å². The molecular formula is C18H14N2O2S2. The van der Waals surface area contributed by atoms with E-state index in [0.717, 1.165) is 20.1 Å². The van der Waals surface area contributed by atoms with Crippen molar-refractivity contribution in [1.29, 1.82) is 5.26 Å². The number of para-hydroxylation sites is 2. The zero-order valence-corrected chi connectivity index (χ0v) is 14.8. The lowest BCUT2D eigenvalue weighted by atomic mass is 10.1. The van der Waals surface area contributed by atoms with Crippen LogP contribution in [0.5, 0.6) is 11.5 Å². The zero-order valence-electron chi connectivity index (χ0n) is 13.1. The lowest BCUT2D eigenvalue weighted by molar-refractivity contribution is 0.354. The molecule has 0 aliphatic heterocycles. The molecule has 24 heavy (non-hydrogen) atoms. The molecule has 0 spiro atoms. The molecule has 0 fully saturated rings. The molecule has 0 bridgehead atoms. The molecule has 0 atom stereocenters. The Labute approximate surface area is 148 Å². The van der Waals surface area contributed by atoms with E-state index in [4.69, 9.17) is 9.47 Å². The van der Waals surface area contributed by atoms with Gasteiger partial charge in [0.1, 0.15) is 6.07 Å². The van der Waals surface area contributed by atoms with Crippen LogP contribution in [0.1, 0.15) is 5.56 Å². The maximum absolute atomic E-state index is 9.48. The topological polar surface area (TPSA) is 55.1 Å². The van der Waals surface area contributed by atoms with Gasteiger partial charge in [-0.05, 0) is 36.0 Å². The number of nitriles is 1. The van der Waals surface area contributed by atoms with E-state index < -0.39 is 0 Å². The second kappa shape index (κ2) is 7.39. The van der Waals surface area contributed by atoms with Crippen molar-refractivity contribution in [3.05, 3.63) is 52.9 Å². The predicted molar refractivity (Wildman–Crippen MR) is 98.6 cm³/mol. The summed E-state index contributed by atoms with van der Waals surface area (Å²) in [6, 6.07) is 15.7. The Balaban J connectivity index is 1.94. The molecule has 0 aliphatic rings. The summed E-state index contributed by atoms with van der Waals surface area (Å²) in [5, 5.41) is 9.48. The number of rotatable bonds is 5. The second-order valence-electron chi connectivity index (χ2n) is 4.75. The number of thioether (sulfide) groups is 1. The number of hydrogen-bond donors (Lipinski definition) is 0. The van der Waals surface area contributed by atoms with Crippen LogP contribution in [0.4, 0.5) is 0 Å². The highest BCUT2D eigenvalue weighted by Gasteiger charge is 2.11. The average Bonchev–Trinajstić information content (AvgIpc) is 3.03. The number of hydrogen-bond acceptors (Lipinski definition) is 6. The summed E-state index contributed by atoms with van der Waals surface area (Å²) in [4.78, 5) is 5.09. The number of allylic oxidation sites excluding steroid dienone is 1. The van der Waals surface area contributed by atoms with Crippen LogP contribution >= 0.6 is 23.1 Å². The van der Waals surface area contributed by atoms with Gasteiger partial charge >= 0.3 is 0 Å². The summed E-state index contributed by atoms with van der Waals surface area (Å²) in [5.74, 6) is 1.24.